The Morgan fingerprint density at radius 3 is 3.00 bits per heavy atom. The highest BCUT2D eigenvalue weighted by Gasteiger charge is 2.26. The quantitative estimate of drug-likeness (QED) is 0.853. The Balaban J connectivity index is 2.31. The average molecular weight is 299 g/mol. The van der Waals surface area contributed by atoms with Crippen molar-refractivity contribution in [2.24, 2.45) is 0 Å². The molecule has 0 aliphatic carbocycles. The Bertz CT molecular complexity index is 397. The molecule has 0 saturated carbocycles. The van der Waals surface area contributed by atoms with Gasteiger partial charge in [0.1, 0.15) is 0 Å². The van der Waals surface area contributed by atoms with Gasteiger partial charge in [-0.1, -0.05) is 22.9 Å². The van der Waals surface area contributed by atoms with Gasteiger partial charge < -0.3 is 15.4 Å². The topological polar surface area (TPSA) is 38.5 Å². The van der Waals surface area contributed by atoms with Crippen molar-refractivity contribution >= 4 is 27.3 Å². The minimum atomic E-state index is 0.260. The fourth-order valence-electron chi connectivity index (χ4n) is 2.24. The van der Waals surface area contributed by atoms with Gasteiger partial charge in [0.05, 0.1) is 30.1 Å². The van der Waals surface area contributed by atoms with E-state index in [0.717, 1.165) is 35.4 Å². The molecule has 2 atom stereocenters. The van der Waals surface area contributed by atoms with Gasteiger partial charge >= 0.3 is 0 Å². The zero-order valence-corrected chi connectivity index (χ0v) is 11.9. The molecule has 0 spiro atoms. The Kier molecular flexibility index (Phi) is 3.94. The molecule has 2 unspecified atom stereocenters. The van der Waals surface area contributed by atoms with E-state index in [1.807, 2.05) is 12.1 Å². The number of halogens is 1. The van der Waals surface area contributed by atoms with Crippen LogP contribution < -0.4 is 10.6 Å². The number of morpholine rings is 1. The summed E-state index contributed by atoms with van der Waals surface area (Å²) in [5.74, 6) is 0. The standard InChI is InChI=1S/C13H19BrN2O/c1-3-11-8-17-9(2)7-16(11)13-6-10(14)4-5-12(13)15/h4-6,9,11H,3,7-8,15H2,1-2H3. The fraction of sp³-hybridized carbons (Fsp3) is 0.538. The van der Waals surface area contributed by atoms with E-state index in [-0.39, 0.29) is 6.10 Å². The third-order valence-corrected chi connectivity index (χ3v) is 3.73. The molecule has 4 heteroatoms. The van der Waals surface area contributed by atoms with Gasteiger partial charge in [0.25, 0.3) is 0 Å². The van der Waals surface area contributed by atoms with Crippen LogP contribution >= 0.6 is 15.9 Å². The van der Waals surface area contributed by atoms with E-state index >= 15 is 0 Å². The summed E-state index contributed by atoms with van der Waals surface area (Å²) >= 11 is 3.51. The Hall–Kier alpha value is -0.740. The fourth-order valence-corrected chi connectivity index (χ4v) is 2.59. The first-order valence-corrected chi connectivity index (χ1v) is 6.84. The SMILES string of the molecule is CCC1COC(C)CN1c1cc(Br)ccc1N. The number of hydrogen-bond donors (Lipinski definition) is 1. The van der Waals surface area contributed by atoms with Gasteiger partial charge in [-0.15, -0.1) is 0 Å². The lowest BCUT2D eigenvalue weighted by Gasteiger charge is -2.40. The molecule has 2 rings (SSSR count). The third-order valence-electron chi connectivity index (χ3n) is 3.24. The molecule has 3 nitrogen and oxygen atoms in total. The van der Waals surface area contributed by atoms with Gasteiger partial charge in [0, 0.05) is 11.0 Å². The van der Waals surface area contributed by atoms with Crippen LogP contribution in [0.2, 0.25) is 0 Å². The van der Waals surface area contributed by atoms with Crippen LogP contribution in [0.15, 0.2) is 22.7 Å². The minimum Gasteiger partial charge on any atom is -0.397 e. The zero-order valence-electron chi connectivity index (χ0n) is 10.3. The summed E-state index contributed by atoms with van der Waals surface area (Å²) in [5.41, 5.74) is 8.03. The molecule has 1 heterocycles. The van der Waals surface area contributed by atoms with Crippen molar-refractivity contribution in [1.29, 1.82) is 0 Å². The molecule has 1 aromatic carbocycles. The van der Waals surface area contributed by atoms with Crippen molar-refractivity contribution in [2.45, 2.75) is 32.4 Å². The highest BCUT2D eigenvalue weighted by Crippen LogP contribution is 2.31. The van der Waals surface area contributed by atoms with E-state index in [4.69, 9.17) is 10.5 Å². The summed E-state index contributed by atoms with van der Waals surface area (Å²) in [5, 5.41) is 0. The third kappa shape index (κ3) is 2.75. The van der Waals surface area contributed by atoms with Crippen LogP contribution in [0.4, 0.5) is 11.4 Å². The van der Waals surface area contributed by atoms with Crippen LogP contribution in [0.1, 0.15) is 20.3 Å². The molecule has 1 aromatic rings. The zero-order chi connectivity index (χ0) is 12.4. The molecule has 2 N–H and O–H groups in total. The van der Waals surface area contributed by atoms with Crippen molar-refractivity contribution in [1.82, 2.24) is 0 Å². The van der Waals surface area contributed by atoms with Crippen LogP contribution in [0.3, 0.4) is 0 Å². The van der Waals surface area contributed by atoms with Gasteiger partial charge in [0.15, 0.2) is 0 Å². The van der Waals surface area contributed by atoms with Crippen LogP contribution in [0, 0.1) is 0 Å². The second-order valence-corrected chi connectivity index (χ2v) is 5.48. The molecular formula is C13H19BrN2O. The lowest BCUT2D eigenvalue weighted by molar-refractivity contribution is 0.0300. The van der Waals surface area contributed by atoms with E-state index in [2.05, 4.69) is 40.7 Å². The van der Waals surface area contributed by atoms with E-state index in [0.29, 0.717) is 6.04 Å². The predicted octanol–water partition coefficient (Wildman–Crippen LogP) is 3.04. The second kappa shape index (κ2) is 5.27. The molecule has 17 heavy (non-hydrogen) atoms. The molecule has 1 aliphatic heterocycles. The molecule has 1 saturated heterocycles. The van der Waals surface area contributed by atoms with E-state index < -0.39 is 0 Å². The van der Waals surface area contributed by atoms with Crippen LogP contribution in [0.25, 0.3) is 0 Å². The molecular weight excluding hydrogens is 280 g/mol. The van der Waals surface area contributed by atoms with Crippen LogP contribution in [0.5, 0.6) is 0 Å². The average Bonchev–Trinajstić information content (AvgIpc) is 2.32. The molecule has 0 bridgehead atoms. The van der Waals surface area contributed by atoms with Gasteiger partial charge in [-0.25, -0.2) is 0 Å². The number of ether oxygens (including phenoxy) is 1. The van der Waals surface area contributed by atoms with Crippen molar-refractivity contribution in [3.8, 4) is 0 Å². The maximum Gasteiger partial charge on any atom is 0.0723 e. The van der Waals surface area contributed by atoms with Gasteiger partial charge in [-0.05, 0) is 31.5 Å². The minimum absolute atomic E-state index is 0.260. The maximum absolute atomic E-state index is 6.08. The number of nitrogens with two attached hydrogens (primary N) is 1. The number of hydrogen-bond acceptors (Lipinski definition) is 3. The van der Waals surface area contributed by atoms with E-state index in [1.165, 1.54) is 0 Å². The largest absolute Gasteiger partial charge is 0.397 e. The van der Waals surface area contributed by atoms with Crippen molar-refractivity contribution in [3.63, 3.8) is 0 Å². The summed E-state index contributed by atoms with van der Waals surface area (Å²) in [7, 11) is 0. The van der Waals surface area contributed by atoms with Crippen LogP contribution in [-0.4, -0.2) is 25.3 Å². The molecule has 0 aromatic heterocycles. The lowest BCUT2D eigenvalue weighted by atomic mass is 10.1. The predicted molar refractivity (Wildman–Crippen MR) is 75.4 cm³/mol. The summed E-state index contributed by atoms with van der Waals surface area (Å²) < 4.78 is 6.77. The summed E-state index contributed by atoms with van der Waals surface area (Å²) in [6.45, 7) is 5.97. The Labute approximate surface area is 111 Å². The molecule has 1 aliphatic rings. The lowest BCUT2D eigenvalue weighted by Crippen LogP contribution is -2.48. The summed E-state index contributed by atoms with van der Waals surface area (Å²) in [6, 6.07) is 6.44. The van der Waals surface area contributed by atoms with Crippen molar-refractivity contribution in [3.05, 3.63) is 22.7 Å². The first-order chi connectivity index (χ1) is 8.11. The number of nitrogen functional groups attached to an aromatic ring is 1. The van der Waals surface area contributed by atoms with Gasteiger partial charge in [-0.3, -0.25) is 0 Å². The Morgan fingerprint density at radius 1 is 1.53 bits per heavy atom. The van der Waals surface area contributed by atoms with Gasteiger partial charge in [-0.2, -0.15) is 0 Å². The second-order valence-electron chi connectivity index (χ2n) is 4.56. The maximum atomic E-state index is 6.08. The first-order valence-electron chi connectivity index (χ1n) is 6.05. The normalized spacial score (nSPS) is 25.0. The molecule has 0 radical (unpaired) electrons. The first kappa shape index (κ1) is 12.7. The smallest absolute Gasteiger partial charge is 0.0723 e. The van der Waals surface area contributed by atoms with Gasteiger partial charge in [0.2, 0.25) is 0 Å². The highest BCUT2D eigenvalue weighted by atomic mass is 79.9. The van der Waals surface area contributed by atoms with Crippen molar-refractivity contribution in [2.75, 3.05) is 23.8 Å². The van der Waals surface area contributed by atoms with E-state index in [9.17, 15) is 0 Å². The number of benzene rings is 1. The van der Waals surface area contributed by atoms with E-state index in [1.54, 1.807) is 0 Å². The summed E-state index contributed by atoms with van der Waals surface area (Å²) in [6.07, 6.45) is 1.33. The number of anilines is 2. The number of rotatable bonds is 2. The van der Waals surface area contributed by atoms with Crippen LogP contribution in [-0.2, 0) is 4.74 Å². The monoisotopic (exact) mass is 298 g/mol. The van der Waals surface area contributed by atoms with Crippen molar-refractivity contribution < 1.29 is 4.74 Å². The molecule has 94 valence electrons. The summed E-state index contributed by atoms with van der Waals surface area (Å²) in [4.78, 5) is 2.37. The number of nitrogens with zero attached hydrogens (tertiary/aromatic N) is 1. The molecule has 1 fully saturated rings. The highest BCUT2D eigenvalue weighted by molar-refractivity contribution is 9.10. The molecule has 0 amide bonds. The Morgan fingerprint density at radius 2 is 2.29 bits per heavy atom.